The maximum absolute atomic E-state index is 12.9. The van der Waals surface area contributed by atoms with Crippen molar-refractivity contribution in [2.24, 2.45) is 0 Å². The van der Waals surface area contributed by atoms with E-state index < -0.39 is 10.0 Å². The second-order valence-corrected chi connectivity index (χ2v) is 10.5. The van der Waals surface area contributed by atoms with Gasteiger partial charge in [0.1, 0.15) is 17.8 Å². The Bertz CT molecular complexity index is 1660. The van der Waals surface area contributed by atoms with Crippen molar-refractivity contribution in [3.63, 3.8) is 0 Å². The van der Waals surface area contributed by atoms with Gasteiger partial charge < -0.3 is 15.1 Å². The third-order valence-electron chi connectivity index (χ3n) is 5.65. The number of aromatic nitrogens is 3. The normalized spacial score (nSPS) is 11.2. The molecule has 192 valence electrons. The van der Waals surface area contributed by atoms with Crippen LogP contribution < -0.4 is 15.4 Å². The monoisotopic (exact) mass is 526 g/mol. The number of hydrogen-bond donors (Lipinski definition) is 3. The summed E-state index contributed by atoms with van der Waals surface area (Å²) in [5.74, 6) is 1.64. The number of sulfonamides is 1. The van der Waals surface area contributed by atoms with Gasteiger partial charge in [-0.3, -0.25) is 4.72 Å². The number of anilines is 5. The number of nitrogens with zero attached hydrogens (tertiary/aromatic N) is 3. The molecule has 3 aromatic carbocycles. The van der Waals surface area contributed by atoms with Crippen molar-refractivity contribution in [2.75, 3.05) is 15.4 Å². The Kier molecular flexibility index (Phi) is 6.80. The lowest BCUT2D eigenvalue weighted by molar-refractivity contribution is 0.521. The van der Waals surface area contributed by atoms with E-state index in [0.717, 1.165) is 22.6 Å². The SMILES string of the molecule is Cc1ccc(Nc2nc(C)cc(Nc3ccc(NS(=O)(=O)c4ccc(-c5coc(C)n5)cc4)cc3)n2)cc1. The van der Waals surface area contributed by atoms with Gasteiger partial charge in [-0.1, -0.05) is 29.8 Å². The molecule has 2 heterocycles. The number of hydrogen-bond acceptors (Lipinski definition) is 8. The summed E-state index contributed by atoms with van der Waals surface area (Å²) in [7, 11) is -3.77. The summed E-state index contributed by atoms with van der Waals surface area (Å²) in [6.07, 6.45) is 1.54. The predicted molar refractivity (Wildman–Crippen MR) is 148 cm³/mol. The fraction of sp³-hybridized carbons (Fsp3) is 0.107. The molecule has 10 heteroatoms. The molecule has 0 amide bonds. The van der Waals surface area contributed by atoms with E-state index in [1.165, 1.54) is 24.0 Å². The summed E-state index contributed by atoms with van der Waals surface area (Å²) < 4.78 is 33.6. The van der Waals surface area contributed by atoms with Gasteiger partial charge in [-0.25, -0.2) is 18.4 Å². The number of oxazole rings is 1. The zero-order valence-electron chi connectivity index (χ0n) is 21.1. The summed E-state index contributed by atoms with van der Waals surface area (Å²) in [6, 6.07) is 23.2. The topological polar surface area (TPSA) is 122 Å². The molecule has 0 radical (unpaired) electrons. The molecule has 0 spiro atoms. The van der Waals surface area contributed by atoms with Gasteiger partial charge in [0.15, 0.2) is 5.89 Å². The second kappa shape index (κ2) is 10.3. The van der Waals surface area contributed by atoms with Crippen LogP contribution >= 0.6 is 0 Å². The fourth-order valence-electron chi connectivity index (χ4n) is 3.74. The van der Waals surface area contributed by atoms with E-state index in [9.17, 15) is 8.42 Å². The molecule has 9 nitrogen and oxygen atoms in total. The van der Waals surface area contributed by atoms with E-state index in [0.29, 0.717) is 29.0 Å². The van der Waals surface area contributed by atoms with Gasteiger partial charge in [-0.15, -0.1) is 0 Å². The lowest BCUT2D eigenvalue weighted by Crippen LogP contribution is -2.12. The molecule has 2 aromatic heterocycles. The Hall–Kier alpha value is -4.70. The molecule has 38 heavy (non-hydrogen) atoms. The van der Waals surface area contributed by atoms with Gasteiger partial charge in [0, 0.05) is 41.3 Å². The van der Waals surface area contributed by atoms with E-state index in [4.69, 9.17) is 4.42 Å². The van der Waals surface area contributed by atoms with E-state index in [-0.39, 0.29) is 4.90 Å². The van der Waals surface area contributed by atoms with Crippen LogP contribution in [0.25, 0.3) is 11.3 Å². The van der Waals surface area contributed by atoms with Crippen molar-refractivity contribution < 1.29 is 12.8 Å². The van der Waals surface area contributed by atoms with Crippen LogP contribution in [0.1, 0.15) is 17.1 Å². The third-order valence-corrected chi connectivity index (χ3v) is 7.05. The average molecular weight is 527 g/mol. The average Bonchev–Trinajstić information content (AvgIpc) is 3.32. The van der Waals surface area contributed by atoms with Gasteiger partial charge in [-0.05, 0) is 62.4 Å². The zero-order valence-corrected chi connectivity index (χ0v) is 21.9. The van der Waals surface area contributed by atoms with Crippen LogP contribution in [0.5, 0.6) is 0 Å². The molecule has 5 rings (SSSR count). The first-order valence-corrected chi connectivity index (χ1v) is 13.3. The molecule has 0 saturated carbocycles. The minimum Gasteiger partial charge on any atom is -0.449 e. The first kappa shape index (κ1) is 25.0. The highest BCUT2D eigenvalue weighted by atomic mass is 32.2. The molecule has 0 fully saturated rings. The number of aryl methyl sites for hydroxylation is 3. The molecule has 3 N–H and O–H groups in total. The van der Waals surface area contributed by atoms with Crippen LogP contribution in [0, 0.1) is 20.8 Å². The van der Waals surface area contributed by atoms with Crippen molar-refractivity contribution in [3.8, 4) is 11.3 Å². The predicted octanol–water partition coefficient (Wildman–Crippen LogP) is 6.34. The maximum atomic E-state index is 12.9. The van der Waals surface area contributed by atoms with Crippen LogP contribution in [0.15, 0.2) is 94.4 Å². The first-order valence-electron chi connectivity index (χ1n) is 11.9. The molecular formula is C28H26N6O3S. The fourth-order valence-corrected chi connectivity index (χ4v) is 4.80. The van der Waals surface area contributed by atoms with Crippen molar-refractivity contribution >= 4 is 38.9 Å². The minimum absolute atomic E-state index is 0.147. The molecule has 0 atom stereocenters. The number of rotatable bonds is 8. The smallest absolute Gasteiger partial charge is 0.261 e. The summed E-state index contributed by atoms with van der Waals surface area (Å²) in [4.78, 5) is 13.4. The van der Waals surface area contributed by atoms with E-state index in [1.807, 2.05) is 44.2 Å². The molecule has 0 saturated heterocycles. The Morgan fingerprint density at radius 3 is 2.00 bits per heavy atom. The Morgan fingerprint density at radius 1 is 0.711 bits per heavy atom. The Balaban J connectivity index is 1.25. The second-order valence-electron chi connectivity index (χ2n) is 8.79. The van der Waals surface area contributed by atoms with Gasteiger partial charge in [0.25, 0.3) is 10.0 Å². The minimum atomic E-state index is -3.77. The van der Waals surface area contributed by atoms with Crippen LogP contribution in [0.4, 0.5) is 28.8 Å². The summed E-state index contributed by atoms with van der Waals surface area (Å²) >= 11 is 0. The van der Waals surface area contributed by atoms with Crippen molar-refractivity contribution in [3.05, 3.63) is 102 Å². The lowest BCUT2D eigenvalue weighted by Gasteiger charge is -2.12. The van der Waals surface area contributed by atoms with Gasteiger partial charge in [0.05, 0.1) is 4.90 Å². The van der Waals surface area contributed by atoms with E-state index in [1.54, 1.807) is 43.3 Å². The van der Waals surface area contributed by atoms with Gasteiger partial charge >= 0.3 is 0 Å². The van der Waals surface area contributed by atoms with Crippen LogP contribution in [0.2, 0.25) is 0 Å². The third kappa shape index (κ3) is 5.98. The molecule has 0 aliphatic rings. The highest BCUT2D eigenvalue weighted by Gasteiger charge is 2.15. The molecule has 0 unspecified atom stereocenters. The highest BCUT2D eigenvalue weighted by molar-refractivity contribution is 7.92. The van der Waals surface area contributed by atoms with Crippen molar-refractivity contribution in [2.45, 2.75) is 25.7 Å². The first-order chi connectivity index (χ1) is 18.2. The quantitative estimate of drug-likeness (QED) is 0.214. The van der Waals surface area contributed by atoms with Crippen LogP contribution in [-0.2, 0) is 10.0 Å². The Morgan fingerprint density at radius 2 is 1.34 bits per heavy atom. The molecule has 0 aliphatic carbocycles. The summed E-state index contributed by atoms with van der Waals surface area (Å²) in [6.45, 7) is 5.68. The van der Waals surface area contributed by atoms with E-state index >= 15 is 0 Å². The van der Waals surface area contributed by atoms with Gasteiger partial charge in [-0.2, -0.15) is 4.98 Å². The van der Waals surface area contributed by atoms with Crippen molar-refractivity contribution in [1.82, 2.24) is 15.0 Å². The summed E-state index contributed by atoms with van der Waals surface area (Å²) in [5.41, 5.74) is 5.47. The van der Waals surface area contributed by atoms with Gasteiger partial charge in [0.2, 0.25) is 5.95 Å². The molecule has 0 aliphatic heterocycles. The number of benzene rings is 3. The Labute approximate surface area is 221 Å². The molecule has 0 bridgehead atoms. The lowest BCUT2D eigenvalue weighted by atomic mass is 10.2. The maximum Gasteiger partial charge on any atom is 0.261 e. The van der Waals surface area contributed by atoms with Crippen LogP contribution in [-0.4, -0.2) is 23.4 Å². The van der Waals surface area contributed by atoms with Crippen molar-refractivity contribution in [1.29, 1.82) is 0 Å². The zero-order chi connectivity index (χ0) is 26.7. The number of nitrogens with one attached hydrogen (secondary N) is 3. The molecular weight excluding hydrogens is 500 g/mol. The van der Waals surface area contributed by atoms with E-state index in [2.05, 4.69) is 30.3 Å². The largest absolute Gasteiger partial charge is 0.449 e. The summed E-state index contributed by atoms with van der Waals surface area (Å²) in [5, 5.41) is 6.46. The van der Waals surface area contributed by atoms with Crippen LogP contribution in [0.3, 0.4) is 0 Å². The molecule has 5 aromatic rings. The standard InChI is InChI=1S/C28H26N6O3S/c1-18-4-8-23(9-5-18)32-28-29-19(2)16-27(33-28)31-22-10-12-24(13-11-22)34-38(35,36)25-14-6-21(7-15-25)26-17-37-20(3)30-26/h4-17,34H,1-3H3,(H2,29,31,32,33). The highest BCUT2D eigenvalue weighted by Crippen LogP contribution is 2.24.